The summed E-state index contributed by atoms with van der Waals surface area (Å²) < 4.78 is 20.2. The molecule has 28 heavy (non-hydrogen) atoms. The van der Waals surface area contributed by atoms with Gasteiger partial charge in [0.2, 0.25) is 5.91 Å². The fourth-order valence-corrected chi connectivity index (χ4v) is 3.05. The van der Waals surface area contributed by atoms with Crippen LogP contribution < -0.4 is 10.2 Å². The molecule has 0 saturated carbocycles. The first kappa shape index (κ1) is 19.4. The molecule has 6 heteroatoms. The van der Waals surface area contributed by atoms with Gasteiger partial charge >= 0.3 is 0 Å². The largest absolute Gasteiger partial charge is 0.497 e. The highest BCUT2D eigenvalue weighted by atomic mass is 19.1. The maximum absolute atomic E-state index is 12.9. The van der Waals surface area contributed by atoms with Gasteiger partial charge in [0.05, 0.1) is 19.7 Å². The third-order valence-corrected chi connectivity index (χ3v) is 4.47. The second kappa shape index (κ2) is 8.52. The second-order valence-electron chi connectivity index (χ2n) is 6.46. The normalized spacial score (nSPS) is 11.0. The Morgan fingerprint density at radius 2 is 1.82 bits per heavy atom. The van der Waals surface area contributed by atoms with Crippen LogP contribution in [0.3, 0.4) is 0 Å². The van der Waals surface area contributed by atoms with Gasteiger partial charge in [-0.25, -0.2) is 9.82 Å². The van der Waals surface area contributed by atoms with Gasteiger partial charge in [0.15, 0.2) is 0 Å². The predicted octanol–water partition coefficient (Wildman–Crippen LogP) is 3.93. The van der Waals surface area contributed by atoms with E-state index in [-0.39, 0.29) is 18.1 Å². The van der Waals surface area contributed by atoms with Crippen LogP contribution in [-0.4, -0.2) is 23.8 Å². The number of hydrogen-bond acceptors (Lipinski definition) is 3. The molecule has 0 aliphatic heterocycles. The molecule has 1 amide bonds. The van der Waals surface area contributed by atoms with E-state index in [9.17, 15) is 9.18 Å². The van der Waals surface area contributed by atoms with Crippen molar-refractivity contribution >= 4 is 12.1 Å². The molecular formula is C22H22FN3O2. The van der Waals surface area contributed by atoms with E-state index in [1.54, 1.807) is 25.5 Å². The molecule has 144 valence electrons. The summed E-state index contributed by atoms with van der Waals surface area (Å²) >= 11 is 0. The third kappa shape index (κ3) is 4.46. The Balaban J connectivity index is 1.68. The van der Waals surface area contributed by atoms with Gasteiger partial charge < -0.3 is 9.30 Å². The number of halogens is 1. The van der Waals surface area contributed by atoms with E-state index in [2.05, 4.69) is 15.1 Å². The number of hydrogen-bond donors (Lipinski definition) is 1. The number of aromatic nitrogens is 1. The molecule has 0 aliphatic rings. The van der Waals surface area contributed by atoms with Crippen LogP contribution in [0.15, 0.2) is 59.7 Å². The summed E-state index contributed by atoms with van der Waals surface area (Å²) in [7, 11) is 1.64. The number of carbonyl (C=O) groups excluding carboxylic acids is 1. The SMILES string of the molecule is COc1ccc(-n2c(C)cc(/C=N/NC(=O)Cc3ccc(F)cc3)c2C)cc1. The van der Waals surface area contributed by atoms with Crippen molar-refractivity contribution < 1.29 is 13.9 Å². The minimum Gasteiger partial charge on any atom is -0.497 e. The lowest BCUT2D eigenvalue weighted by Crippen LogP contribution is -2.19. The van der Waals surface area contributed by atoms with Crippen molar-refractivity contribution in [2.75, 3.05) is 7.11 Å². The van der Waals surface area contributed by atoms with E-state index in [1.165, 1.54) is 12.1 Å². The summed E-state index contributed by atoms with van der Waals surface area (Å²) in [6.45, 7) is 4.01. The Bertz CT molecular complexity index is 990. The van der Waals surface area contributed by atoms with Gasteiger partial charge in [-0.1, -0.05) is 12.1 Å². The van der Waals surface area contributed by atoms with Gasteiger partial charge in [-0.05, 0) is 61.9 Å². The highest BCUT2D eigenvalue weighted by Crippen LogP contribution is 2.21. The van der Waals surface area contributed by atoms with Crippen LogP contribution in [0.25, 0.3) is 5.69 Å². The smallest absolute Gasteiger partial charge is 0.244 e. The van der Waals surface area contributed by atoms with E-state index in [1.807, 2.05) is 44.2 Å². The number of nitrogens with one attached hydrogen (secondary N) is 1. The van der Waals surface area contributed by atoms with E-state index in [0.717, 1.165) is 34.0 Å². The van der Waals surface area contributed by atoms with Crippen molar-refractivity contribution in [2.45, 2.75) is 20.3 Å². The number of benzene rings is 2. The number of carbonyl (C=O) groups is 1. The van der Waals surface area contributed by atoms with Crippen LogP contribution in [0.1, 0.15) is 22.5 Å². The molecule has 1 N–H and O–H groups in total. The van der Waals surface area contributed by atoms with E-state index < -0.39 is 0 Å². The Kier molecular flexibility index (Phi) is 5.89. The Labute approximate surface area is 163 Å². The Hall–Kier alpha value is -3.41. The molecule has 3 aromatic rings. The monoisotopic (exact) mass is 379 g/mol. The standard InChI is InChI=1S/C22H22FN3O2/c1-15-12-18(16(2)26(15)20-8-10-21(28-3)11-9-20)14-24-25-22(27)13-17-4-6-19(23)7-5-17/h4-12,14H,13H2,1-3H3,(H,25,27)/b24-14+. The molecule has 0 atom stereocenters. The molecule has 0 spiro atoms. The highest BCUT2D eigenvalue weighted by Gasteiger charge is 2.10. The van der Waals surface area contributed by atoms with Crippen LogP contribution in [0.5, 0.6) is 5.75 Å². The minimum absolute atomic E-state index is 0.141. The molecule has 0 aliphatic carbocycles. The van der Waals surface area contributed by atoms with E-state index >= 15 is 0 Å². The summed E-state index contributed by atoms with van der Waals surface area (Å²) in [5, 5.41) is 4.06. The lowest BCUT2D eigenvalue weighted by atomic mass is 10.1. The number of hydrazone groups is 1. The fourth-order valence-electron chi connectivity index (χ4n) is 3.05. The van der Waals surface area contributed by atoms with E-state index in [0.29, 0.717) is 0 Å². The first-order valence-corrected chi connectivity index (χ1v) is 8.87. The second-order valence-corrected chi connectivity index (χ2v) is 6.46. The Morgan fingerprint density at radius 3 is 2.46 bits per heavy atom. The molecule has 0 radical (unpaired) electrons. The number of amides is 1. The minimum atomic E-state index is -0.325. The van der Waals surface area contributed by atoms with Gasteiger partial charge in [-0.2, -0.15) is 5.10 Å². The summed E-state index contributed by atoms with van der Waals surface area (Å²) in [4.78, 5) is 12.0. The summed E-state index contributed by atoms with van der Waals surface area (Å²) in [6.07, 6.45) is 1.77. The predicted molar refractivity (Wildman–Crippen MR) is 108 cm³/mol. The quantitative estimate of drug-likeness (QED) is 0.521. The molecule has 3 rings (SSSR count). The molecule has 5 nitrogen and oxygen atoms in total. The van der Waals surface area contributed by atoms with E-state index in [4.69, 9.17) is 4.74 Å². The van der Waals surface area contributed by atoms with Gasteiger partial charge in [0, 0.05) is 22.6 Å². The zero-order chi connectivity index (χ0) is 20.1. The zero-order valence-corrected chi connectivity index (χ0v) is 16.1. The molecule has 2 aromatic carbocycles. The average molecular weight is 379 g/mol. The van der Waals surface area contributed by atoms with Crippen LogP contribution in [0.2, 0.25) is 0 Å². The Morgan fingerprint density at radius 1 is 1.14 bits per heavy atom. The summed E-state index contributed by atoms with van der Waals surface area (Å²) in [5.41, 5.74) is 7.25. The van der Waals surface area contributed by atoms with Crippen molar-refractivity contribution in [1.29, 1.82) is 0 Å². The fraction of sp³-hybridized carbons (Fsp3) is 0.182. The molecule has 1 heterocycles. The topological polar surface area (TPSA) is 55.6 Å². The van der Waals surface area contributed by atoms with Gasteiger partial charge in [-0.15, -0.1) is 0 Å². The number of nitrogens with zero attached hydrogens (tertiary/aromatic N) is 2. The molecule has 0 saturated heterocycles. The maximum Gasteiger partial charge on any atom is 0.244 e. The highest BCUT2D eigenvalue weighted by molar-refractivity contribution is 5.84. The summed E-state index contributed by atoms with van der Waals surface area (Å²) in [5.74, 6) is 0.220. The number of ether oxygens (including phenoxy) is 1. The first-order chi connectivity index (χ1) is 13.5. The van der Waals surface area contributed by atoms with Crippen LogP contribution in [0, 0.1) is 19.7 Å². The molecular weight excluding hydrogens is 357 g/mol. The molecule has 0 unspecified atom stereocenters. The molecule has 0 bridgehead atoms. The van der Waals surface area contributed by atoms with Crippen molar-refractivity contribution in [3.63, 3.8) is 0 Å². The van der Waals surface area contributed by atoms with Crippen molar-refractivity contribution in [3.05, 3.63) is 82.9 Å². The van der Waals surface area contributed by atoms with Crippen LogP contribution in [0.4, 0.5) is 4.39 Å². The first-order valence-electron chi connectivity index (χ1n) is 8.87. The number of rotatable bonds is 6. The van der Waals surface area contributed by atoms with Crippen molar-refractivity contribution in [2.24, 2.45) is 5.10 Å². The molecule has 1 aromatic heterocycles. The van der Waals surface area contributed by atoms with Crippen LogP contribution in [-0.2, 0) is 11.2 Å². The van der Waals surface area contributed by atoms with Gasteiger partial charge in [-0.3, -0.25) is 4.79 Å². The van der Waals surface area contributed by atoms with Gasteiger partial charge in [0.25, 0.3) is 0 Å². The lowest BCUT2D eigenvalue weighted by molar-refractivity contribution is -0.120. The van der Waals surface area contributed by atoms with Crippen LogP contribution >= 0.6 is 0 Å². The van der Waals surface area contributed by atoms with Crippen molar-refractivity contribution in [3.8, 4) is 11.4 Å². The maximum atomic E-state index is 12.9. The lowest BCUT2D eigenvalue weighted by Gasteiger charge is -2.10. The number of aryl methyl sites for hydroxylation is 1. The van der Waals surface area contributed by atoms with Gasteiger partial charge in [0.1, 0.15) is 11.6 Å². The summed E-state index contributed by atoms with van der Waals surface area (Å²) in [6, 6.07) is 15.7. The van der Waals surface area contributed by atoms with Crippen molar-refractivity contribution in [1.82, 2.24) is 9.99 Å². The third-order valence-electron chi connectivity index (χ3n) is 4.47. The average Bonchev–Trinajstić information content (AvgIpc) is 2.97. The molecule has 0 fully saturated rings. The number of methoxy groups -OCH3 is 1. The zero-order valence-electron chi connectivity index (χ0n) is 16.1.